The Labute approximate surface area is 175 Å². The maximum atomic E-state index is 13.5. The molecule has 0 aromatic heterocycles. The Bertz CT molecular complexity index is 1260. The predicted octanol–water partition coefficient (Wildman–Crippen LogP) is 4.46. The summed E-state index contributed by atoms with van der Waals surface area (Å²) in [5, 5.41) is 9.00. The molecule has 3 aromatic rings. The van der Waals surface area contributed by atoms with Crippen molar-refractivity contribution in [3.63, 3.8) is 0 Å². The van der Waals surface area contributed by atoms with Crippen molar-refractivity contribution < 1.29 is 13.2 Å². The molecule has 3 aromatic carbocycles. The molecule has 2 amide bonds. The quantitative estimate of drug-likeness (QED) is 0.628. The van der Waals surface area contributed by atoms with Gasteiger partial charge in [-0.2, -0.15) is 9.57 Å². The van der Waals surface area contributed by atoms with E-state index in [9.17, 15) is 13.2 Å². The van der Waals surface area contributed by atoms with Crippen molar-refractivity contribution in [3.05, 3.63) is 89.5 Å². The number of anilines is 2. The minimum Gasteiger partial charge on any atom is -0.287 e. The van der Waals surface area contributed by atoms with Gasteiger partial charge in [-0.25, -0.2) is 13.2 Å². The third kappa shape index (κ3) is 3.21. The van der Waals surface area contributed by atoms with Crippen molar-refractivity contribution in [2.45, 2.75) is 24.8 Å². The molecule has 1 aliphatic heterocycles. The summed E-state index contributed by atoms with van der Waals surface area (Å²) in [4.78, 5) is 15.1. The maximum absolute atomic E-state index is 13.5. The van der Waals surface area contributed by atoms with Crippen LogP contribution in [0.2, 0.25) is 0 Å². The standard InChI is InChI=1S/C23H19N3O3S/c1-2-19-7-3-4-8-20(19)26-23(27)25(16-18-13-11-17(15-24)12-14-18)21-9-5-6-10-22(21)30(26,28)29/h3-14H,2,16H2,1H3. The van der Waals surface area contributed by atoms with Gasteiger partial charge >= 0.3 is 6.03 Å². The Kier molecular flexibility index (Phi) is 5.02. The van der Waals surface area contributed by atoms with E-state index < -0.39 is 16.1 Å². The van der Waals surface area contributed by atoms with Crippen LogP contribution in [0.25, 0.3) is 0 Å². The maximum Gasteiger partial charge on any atom is 0.343 e. The number of carbonyl (C=O) groups is 1. The molecular formula is C23H19N3O3S. The summed E-state index contributed by atoms with van der Waals surface area (Å²) in [6.45, 7) is 2.10. The van der Waals surface area contributed by atoms with E-state index in [0.29, 0.717) is 23.4 Å². The fourth-order valence-electron chi connectivity index (χ4n) is 3.57. The van der Waals surface area contributed by atoms with Crippen LogP contribution in [-0.2, 0) is 23.0 Å². The van der Waals surface area contributed by atoms with Crippen LogP contribution in [0, 0.1) is 11.3 Å². The fraction of sp³-hybridized carbons (Fsp3) is 0.130. The number of amides is 2. The highest BCUT2D eigenvalue weighted by Gasteiger charge is 2.42. The predicted molar refractivity (Wildman–Crippen MR) is 115 cm³/mol. The first-order valence-corrected chi connectivity index (χ1v) is 10.9. The van der Waals surface area contributed by atoms with Crippen molar-refractivity contribution in [2.24, 2.45) is 0 Å². The van der Waals surface area contributed by atoms with E-state index in [1.54, 1.807) is 54.6 Å². The number of carbonyl (C=O) groups excluding carboxylic acids is 1. The average molecular weight is 417 g/mol. The number of sulfonamides is 1. The number of hydrogen-bond donors (Lipinski definition) is 0. The van der Waals surface area contributed by atoms with Gasteiger partial charge in [-0.05, 0) is 47.9 Å². The van der Waals surface area contributed by atoms with Gasteiger partial charge in [-0.3, -0.25) is 4.90 Å². The van der Waals surface area contributed by atoms with Crippen molar-refractivity contribution in [2.75, 3.05) is 9.21 Å². The van der Waals surface area contributed by atoms with Gasteiger partial charge in [0.1, 0.15) is 4.90 Å². The van der Waals surface area contributed by atoms with Gasteiger partial charge in [0.15, 0.2) is 0 Å². The number of urea groups is 1. The number of fused-ring (bicyclic) bond motifs is 1. The van der Waals surface area contributed by atoms with Crippen LogP contribution in [0.3, 0.4) is 0 Å². The molecular weight excluding hydrogens is 398 g/mol. The Morgan fingerprint density at radius 2 is 1.53 bits per heavy atom. The van der Waals surface area contributed by atoms with Crippen molar-refractivity contribution >= 4 is 27.4 Å². The fourth-order valence-corrected chi connectivity index (χ4v) is 5.20. The van der Waals surface area contributed by atoms with E-state index in [1.807, 2.05) is 19.1 Å². The van der Waals surface area contributed by atoms with Gasteiger partial charge in [-0.15, -0.1) is 0 Å². The van der Waals surface area contributed by atoms with E-state index in [2.05, 4.69) is 6.07 Å². The first-order chi connectivity index (χ1) is 14.5. The van der Waals surface area contributed by atoms with Crippen LogP contribution in [-0.4, -0.2) is 14.4 Å². The third-order valence-electron chi connectivity index (χ3n) is 5.09. The topological polar surface area (TPSA) is 81.5 Å². The lowest BCUT2D eigenvalue weighted by Gasteiger charge is -2.37. The Balaban J connectivity index is 1.86. The molecule has 0 radical (unpaired) electrons. The highest BCUT2D eigenvalue weighted by atomic mass is 32.2. The zero-order valence-corrected chi connectivity index (χ0v) is 17.1. The molecule has 1 heterocycles. The minimum atomic E-state index is -4.05. The number of nitrogens with zero attached hydrogens (tertiary/aromatic N) is 3. The molecule has 0 N–H and O–H groups in total. The van der Waals surface area contributed by atoms with E-state index in [1.165, 1.54) is 11.0 Å². The lowest BCUT2D eigenvalue weighted by Crippen LogP contribution is -2.51. The molecule has 0 saturated carbocycles. The van der Waals surface area contributed by atoms with E-state index >= 15 is 0 Å². The van der Waals surface area contributed by atoms with Crippen LogP contribution in [0.4, 0.5) is 16.2 Å². The van der Waals surface area contributed by atoms with Crippen molar-refractivity contribution in [1.29, 1.82) is 5.26 Å². The monoisotopic (exact) mass is 417 g/mol. The summed E-state index contributed by atoms with van der Waals surface area (Å²) < 4.78 is 27.7. The average Bonchev–Trinajstić information content (AvgIpc) is 2.77. The molecule has 7 heteroatoms. The molecule has 0 spiro atoms. The highest BCUT2D eigenvalue weighted by Crippen LogP contribution is 2.39. The zero-order valence-electron chi connectivity index (χ0n) is 16.3. The van der Waals surface area contributed by atoms with E-state index in [0.717, 1.165) is 15.4 Å². The largest absolute Gasteiger partial charge is 0.343 e. The summed E-state index contributed by atoms with van der Waals surface area (Å²) in [5.41, 5.74) is 2.79. The lowest BCUT2D eigenvalue weighted by atomic mass is 10.1. The molecule has 0 aliphatic carbocycles. The summed E-state index contributed by atoms with van der Waals surface area (Å²) in [6, 6.07) is 21.9. The molecule has 1 aliphatic rings. The molecule has 30 heavy (non-hydrogen) atoms. The molecule has 4 rings (SSSR count). The van der Waals surface area contributed by atoms with Crippen molar-refractivity contribution in [1.82, 2.24) is 0 Å². The first kappa shape index (κ1) is 19.7. The second-order valence-electron chi connectivity index (χ2n) is 6.90. The zero-order chi connectivity index (χ0) is 21.3. The van der Waals surface area contributed by atoms with Crippen LogP contribution >= 0.6 is 0 Å². The summed E-state index contributed by atoms with van der Waals surface area (Å²) in [5.74, 6) is 0. The second kappa shape index (κ2) is 7.65. The van der Waals surface area contributed by atoms with E-state index in [4.69, 9.17) is 5.26 Å². The molecule has 150 valence electrons. The van der Waals surface area contributed by atoms with Gasteiger partial charge in [0, 0.05) is 0 Å². The summed E-state index contributed by atoms with van der Waals surface area (Å²) in [7, 11) is -4.05. The second-order valence-corrected chi connectivity index (χ2v) is 8.65. The summed E-state index contributed by atoms with van der Waals surface area (Å²) in [6.07, 6.45) is 0.590. The number of rotatable bonds is 4. The van der Waals surface area contributed by atoms with Gasteiger partial charge in [0.2, 0.25) is 0 Å². The Morgan fingerprint density at radius 3 is 2.20 bits per heavy atom. The highest BCUT2D eigenvalue weighted by molar-refractivity contribution is 7.94. The molecule has 6 nitrogen and oxygen atoms in total. The van der Waals surface area contributed by atoms with Crippen LogP contribution in [0.1, 0.15) is 23.6 Å². The van der Waals surface area contributed by atoms with Crippen LogP contribution in [0.15, 0.2) is 77.7 Å². The SMILES string of the molecule is CCc1ccccc1N1C(=O)N(Cc2ccc(C#N)cc2)c2ccccc2S1(=O)=O. The Morgan fingerprint density at radius 1 is 0.900 bits per heavy atom. The first-order valence-electron chi connectivity index (χ1n) is 9.50. The number of para-hydroxylation sites is 2. The van der Waals surface area contributed by atoms with Gasteiger partial charge in [-0.1, -0.05) is 49.4 Å². The normalized spacial score (nSPS) is 14.9. The molecule has 0 atom stereocenters. The van der Waals surface area contributed by atoms with Crippen molar-refractivity contribution in [3.8, 4) is 6.07 Å². The van der Waals surface area contributed by atoms with Gasteiger partial charge < -0.3 is 0 Å². The minimum absolute atomic E-state index is 0.0872. The number of aryl methyl sites for hydroxylation is 1. The lowest BCUT2D eigenvalue weighted by molar-refractivity contribution is 0.253. The summed E-state index contributed by atoms with van der Waals surface area (Å²) >= 11 is 0. The number of hydrogen-bond acceptors (Lipinski definition) is 4. The van der Waals surface area contributed by atoms with Crippen LogP contribution < -0.4 is 9.21 Å². The number of nitriles is 1. The van der Waals surface area contributed by atoms with Crippen LogP contribution in [0.5, 0.6) is 0 Å². The molecule has 0 fully saturated rings. The third-order valence-corrected chi connectivity index (χ3v) is 6.83. The Hall–Kier alpha value is -3.63. The molecule has 0 bridgehead atoms. The van der Waals surface area contributed by atoms with Gasteiger partial charge in [0.25, 0.3) is 10.0 Å². The van der Waals surface area contributed by atoms with Gasteiger partial charge in [0.05, 0.1) is 29.6 Å². The van der Waals surface area contributed by atoms with E-state index in [-0.39, 0.29) is 11.4 Å². The smallest absolute Gasteiger partial charge is 0.287 e. The number of benzene rings is 3. The molecule has 0 unspecified atom stereocenters. The molecule has 0 saturated heterocycles.